The third-order valence-corrected chi connectivity index (χ3v) is 2.57. The summed E-state index contributed by atoms with van der Waals surface area (Å²) in [4.78, 5) is 11.4. The van der Waals surface area contributed by atoms with Crippen LogP contribution in [0, 0.1) is 6.92 Å². The van der Waals surface area contributed by atoms with Gasteiger partial charge in [-0.1, -0.05) is 29.8 Å². The van der Waals surface area contributed by atoms with Crippen molar-refractivity contribution in [3.05, 3.63) is 35.4 Å². The molecular weight excluding hydrogens is 226 g/mol. The van der Waals surface area contributed by atoms with Crippen LogP contribution in [0.25, 0.3) is 0 Å². The first-order valence-electron chi connectivity index (χ1n) is 5.27. The lowest BCUT2D eigenvalue weighted by Crippen LogP contribution is -2.20. The van der Waals surface area contributed by atoms with Crippen molar-refractivity contribution in [3.8, 4) is 0 Å². The predicted molar refractivity (Wildman–Crippen MR) is 59.8 cm³/mol. The zero-order chi connectivity index (χ0) is 12.4. The number of halogens is 2. The van der Waals surface area contributed by atoms with Gasteiger partial charge in [0.1, 0.15) is 5.71 Å². The lowest BCUT2D eigenvalue weighted by Gasteiger charge is -2.11. The maximum Gasteiger partial charge on any atom is 0.278 e. The molecule has 1 aliphatic heterocycles. The van der Waals surface area contributed by atoms with Crippen molar-refractivity contribution in [2.75, 3.05) is 0 Å². The molecule has 90 valence electrons. The van der Waals surface area contributed by atoms with E-state index in [1.54, 1.807) is 0 Å². The van der Waals surface area contributed by atoms with Crippen molar-refractivity contribution in [3.63, 3.8) is 0 Å². The van der Waals surface area contributed by atoms with Crippen LogP contribution in [-0.2, 0) is 11.3 Å². The van der Waals surface area contributed by atoms with Gasteiger partial charge in [-0.2, -0.15) is 5.10 Å². The summed E-state index contributed by atoms with van der Waals surface area (Å²) in [7, 11) is 0. The first-order valence-corrected chi connectivity index (χ1v) is 5.27. The summed E-state index contributed by atoms with van der Waals surface area (Å²) in [5, 5.41) is 4.74. The molecule has 0 unspecified atom stereocenters. The number of amides is 1. The Hall–Kier alpha value is -1.78. The summed E-state index contributed by atoms with van der Waals surface area (Å²) in [6.45, 7) is 2.20. The Morgan fingerprint density at radius 1 is 1.35 bits per heavy atom. The highest BCUT2D eigenvalue weighted by atomic mass is 19.3. The summed E-state index contributed by atoms with van der Waals surface area (Å²) in [5.41, 5.74) is 1.64. The van der Waals surface area contributed by atoms with Gasteiger partial charge < -0.3 is 0 Å². The number of aryl methyl sites for hydroxylation is 1. The smallest absolute Gasteiger partial charge is 0.273 e. The van der Waals surface area contributed by atoms with Crippen LogP contribution in [-0.4, -0.2) is 23.1 Å². The minimum absolute atomic E-state index is 0.245. The molecule has 1 aromatic rings. The zero-order valence-corrected chi connectivity index (χ0v) is 9.36. The summed E-state index contributed by atoms with van der Waals surface area (Å²) in [6, 6.07) is 7.54. The van der Waals surface area contributed by atoms with Crippen LogP contribution in [0.15, 0.2) is 29.4 Å². The van der Waals surface area contributed by atoms with Crippen LogP contribution in [0.3, 0.4) is 0 Å². The molecule has 0 atom stereocenters. The first-order chi connectivity index (χ1) is 8.06. The van der Waals surface area contributed by atoms with Crippen molar-refractivity contribution in [2.45, 2.75) is 26.3 Å². The SMILES string of the molecule is Cc1ccc(CN2N=C(C(F)F)CC2=O)cc1. The summed E-state index contributed by atoms with van der Waals surface area (Å²) in [5.74, 6) is -0.374. The number of hydrogen-bond acceptors (Lipinski definition) is 2. The van der Waals surface area contributed by atoms with Crippen LogP contribution in [0.1, 0.15) is 17.5 Å². The molecule has 5 heteroatoms. The summed E-state index contributed by atoms with van der Waals surface area (Å²) >= 11 is 0. The second-order valence-corrected chi connectivity index (χ2v) is 4.01. The molecule has 1 heterocycles. The van der Waals surface area contributed by atoms with E-state index in [9.17, 15) is 13.6 Å². The van der Waals surface area contributed by atoms with Gasteiger partial charge in [0, 0.05) is 0 Å². The molecule has 0 saturated heterocycles. The van der Waals surface area contributed by atoms with Gasteiger partial charge in [0.15, 0.2) is 0 Å². The molecule has 0 N–H and O–H groups in total. The number of hydrogen-bond donors (Lipinski definition) is 0. The van der Waals surface area contributed by atoms with Gasteiger partial charge in [-0.15, -0.1) is 0 Å². The fourth-order valence-electron chi connectivity index (χ4n) is 1.60. The average molecular weight is 238 g/mol. The highest BCUT2D eigenvalue weighted by Gasteiger charge is 2.28. The van der Waals surface area contributed by atoms with Gasteiger partial charge >= 0.3 is 0 Å². The number of carbonyl (C=O) groups excluding carboxylic acids is 1. The molecule has 0 saturated carbocycles. The Morgan fingerprint density at radius 2 is 2.00 bits per heavy atom. The second-order valence-electron chi connectivity index (χ2n) is 4.01. The molecule has 0 aliphatic carbocycles. The Morgan fingerprint density at radius 3 is 2.53 bits per heavy atom. The Labute approximate surface area is 97.7 Å². The number of alkyl halides is 2. The van der Waals surface area contributed by atoms with Crippen molar-refractivity contribution >= 4 is 11.6 Å². The fraction of sp³-hybridized carbons (Fsp3) is 0.333. The third-order valence-electron chi connectivity index (χ3n) is 2.57. The van der Waals surface area contributed by atoms with Crippen LogP contribution in [0.4, 0.5) is 8.78 Å². The van der Waals surface area contributed by atoms with Crippen molar-refractivity contribution in [1.29, 1.82) is 0 Å². The monoisotopic (exact) mass is 238 g/mol. The van der Waals surface area contributed by atoms with E-state index in [0.717, 1.165) is 16.1 Å². The van der Waals surface area contributed by atoms with E-state index in [1.165, 1.54) is 0 Å². The Balaban J connectivity index is 2.09. The molecule has 0 radical (unpaired) electrons. The van der Waals surface area contributed by atoms with Crippen LogP contribution < -0.4 is 0 Å². The standard InChI is InChI=1S/C12H12F2N2O/c1-8-2-4-9(5-3-8)7-16-11(17)6-10(15-16)12(13)14/h2-5,12H,6-7H2,1H3. The lowest BCUT2D eigenvalue weighted by molar-refractivity contribution is -0.129. The molecular formula is C12H12F2N2O. The molecule has 1 aromatic carbocycles. The highest BCUT2D eigenvalue weighted by Crippen LogP contribution is 2.16. The summed E-state index contributed by atoms with van der Waals surface area (Å²) in [6.07, 6.45) is -2.93. The Bertz CT molecular complexity index is 454. The van der Waals surface area contributed by atoms with E-state index in [2.05, 4.69) is 5.10 Å². The molecule has 0 fully saturated rings. The van der Waals surface area contributed by atoms with E-state index >= 15 is 0 Å². The minimum atomic E-state index is -2.65. The van der Waals surface area contributed by atoms with Gasteiger partial charge in [0.05, 0.1) is 13.0 Å². The maximum atomic E-state index is 12.4. The molecule has 0 aromatic heterocycles. The lowest BCUT2D eigenvalue weighted by atomic mass is 10.1. The van der Waals surface area contributed by atoms with Crippen LogP contribution in [0.5, 0.6) is 0 Å². The van der Waals surface area contributed by atoms with E-state index in [1.807, 2.05) is 31.2 Å². The van der Waals surface area contributed by atoms with Gasteiger partial charge in [-0.3, -0.25) is 4.79 Å². The molecule has 2 rings (SSSR count). The maximum absolute atomic E-state index is 12.4. The summed E-state index contributed by atoms with van der Waals surface area (Å²) < 4.78 is 24.7. The first kappa shape index (κ1) is 11.7. The quantitative estimate of drug-likeness (QED) is 0.795. The zero-order valence-electron chi connectivity index (χ0n) is 9.36. The largest absolute Gasteiger partial charge is 0.278 e. The van der Waals surface area contributed by atoms with Crippen LogP contribution >= 0.6 is 0 Å². The van der Waals surface area contributed by atoms with Crippen molar-refractivity contribution in [1.82, 2.24) is 5.01 Å². The normalized spacial score (nSPS) is 15.6. The predicted octanol–water partition coefficient (Wildman–Crippen LogP) is 2.35. The fourth-order valence-corrected chi connectivity index (χ4v) is 1.60. The van der Waals surface area contributed by atoms with E-state index in [0.29, 0.717) is 0 Å². The molecule has 0 spiro atoms. The van der Waals surface area contributed by atoms with E-state index in [4.69, 9.17) is 0 Å². The topological polar surface area (TPSA) is 32.7 Å². The van der Waals surface area contributed by atoms with Crippen molar-refractivity contribution in [2.24, 2.45) is 5.10 Å². The average Bonchev–Trinajstić information content (AvgIpc) is 2.64. The third kappa shape index (κ3) is 2.67. The molecule has 3 nitrogen and oxygen atoms in total. The molecule has 1 aliphatic rings. The molecule has 17 heavy (non-hydrogen) atoms. The Kier molecular flexibility index (Phi) is 3.17. The van der Waals surface area contributed by atoms with Crippen LogP contribution in [0.2, 0.25) is 0 Å². The van der Waals surface area contributed by atoms with E-state index < -0.39 is 6.43 Å². The minimum Gasteiger partial charge on any atom is -0.273 e. The second kappa shape index (κ2) is 4.61. The number of hydrazone groups is 1. The molecule has 0 bridgehead atoms. The molecule has 1 amide bonds. The number of rotatable bonds is 3. The van der Waals surface area contributed by atoms with Crippen molar-refractivity contribution < 1.29 is 13.6 Å². The van der Waals surface area contributed by atoms with Gasteiger partial charge in [0.25, 0.3) is 6.43 Å². The van der Waals surface area contributed by atoms with E-state index in [-0.39, 0.29) is 24.6 Å². The highest BCUT2D eigenvalue weighted by molar-refractivity contribution is 6.06. The van der Waals surface area contributed by atoms with Gasteiger partial charge in [0.2, 0.25) is 5.91 Å². The number of benzene rings is 1. The van der Waals surface area contributed by atoms with Gasteiger partial charge in [-0.05, 0) is 12.5 Å². The van der Waals surface area contributed by atoms with Gasteiger partial charge in [-0.25, -0.2) is 13.8 Å². The number of carbonyl (C=O) groups is 1. The number of nitrogens with zero attached hydrogens (tertiary/aromatic N) is 2.